The number of aliphatic hydroxyl groups excluding tert-OH is 1. The highest BCUT2D eigenvalue weighted by Gasteiger charge is 2.08. The predicted molar refractivity (Wildman–Crippen MR) is 74.8 cm³/mol. The highest BCUT2D eigenvalue weighted by Crippen LogP contribution is 2.10. The largest absolute Gasteiger partial charge is 0.389 e. The van der Waals surface area contributed by atoms with Gasteiger partial charge in [-0.2, -0.15) is 5.26 Å². The molecule has 5 heteroatoms. The monoisotopic (exact) mass is 282 g/mol. The SMILES string of the molecule is CN(CCC#N)CC(O)COCc1ccc(Cl)cc1. The Morgan fingerprint density at radius 3 is 2.74 bits per heavy atom. The van der Waals surface area contributed by atoms with E-state index in [1.165, 1.54) is 0 Å². The fourth-order valence-corrected chi connectivity index (χ4v) is 1.76. The van der Waals surface area contributed by atoms with Crippen molar-refractivity contribution in [2.75, 3.05) is 26.7 Å². The molecule has 4 nitrogen and oxygen atoms in total. The second-order valence-electron chi connectivity index (χ2n) is 4.47. The number of halogens is 1. The first-order valence-corrected chi connectivity index (χ1v) is 6.55. The van der Waals surface area contributed by atoms with Crippen molar-refractivity contribution in [1.29, 1.82) is 5.26 Å². The van der Waals surface area contributed by atoms with Gasteiger partial charge in [-0.15, -0.1) is 0 Å². The summed E-state index contributed by atoms with van der Waals surface area (Å²) in [6.07, 6.45) is -0.0783. The molecule has 0 aliphatic rings. The summed E-state index contributed by atoms with van der Waals surface area (Å²) >= 11 is 5.79. The summed E-state index contributed by atoms with van der Waals surface area (Å²) in [4.78, 5) is 1.92. The Kier molecular flexibility index (Phi) is 7.46. The quantitative estimate of drug-likeness (QED) is 0.793. The molecule has 104 valence electrons. The lowest BCUT2D eigenvalue weighted by molar-refractivity contribution is 0.0140. The van der Waals surface area contributed by atoms with Crippen LogP contribution in [0.1, 0.15) is 12.0 Å². The first-order valence-electron chi connectivity index (χ1n) is 6.17. The van der Waals surface area contributed by atoms with Crippen molar-refractivity contribution in [3.05, 3.63) is 34.9 Å². The van der Waals surface area contributed by atoms with Crippen molar-refractivity contribution in [3.63, 3.8) is 0 Å². The molecular weight excluding hydrogens is 264 g/mol. The minimum atomic E-state index is -0.545. The first kappa shape index (κ1) is 15.9. The molecule has 0 saturated heterocycles. The third kappa shape index (κ3) is 7.14. The molecule has 0 heterocycles. The van der Waals surface area contributed by atoms with Gasteiger partial charge in [-0.05, 0) is 24.7 Å². The second kappa shape index (κ2) is 8.89. The number of hydrogen-bond donors (Lipinski definition) is 1. The van der Waals surface area contributed by atoms with Gasteiger partial charge in [0, 0.05) is 24.5 Å². The summed E-state index contributed by atoms with van der Waals surface area (Å²) in [7, 11) is 1.87. The lowest BCUT2D eigenvalue weighted by Crippen LogP contribution is -2.32. The van der Waals surface area contributed by atoms with Crippen LogP contribution in [-0.4, -0.2) is 42.9 Å². The van der Waals surface area contributed by atoms with Crippen molar-refractivity contribution in [2.45, 2.75) is 19.1 Å². The number of likely N-dealkylation sites (N-methyl/N-ethyl adjacent to an activating group) is 1. The molecule has 1 unspecified atom stereocenters. The maximum Gasteiger partial charge on any atom is 0.0900 e. The Bertz CT molecular complexity index is 403. The third-order valence-corrected chi connectivity index (χ3v) is 2.87. The minimum Gasteiger partial charge on any atom is -0.389 e. The number of nitrogens with zero attached hydrogens (tertiary/aromatic N) is 2. The number of rotatable bonds is 8. The lowest BCUT2D eigenvalue weighted by Gasteiger charge is -2.19. The summed E-state index contributed by atoms with van der Waals surface area (Å²) in [6.45, 7) is 1.89. The summed E-state index contributed by atoms with van der Waals surface area (Å²) in [5.74, 6) is 0. The van der Waals surface area contributed by atoms with Crippen LogP contribution in [0.2, 0.25) is 5.02 Å². The van der Waals surface area contributed by atoms with E-state index in [1.54, 1.807) is 0 Å². The number of nitriles is 1. The molecule has 0 saturated carbocycles. The molecule has 0 radical (unpaired) electrons. The molecule has 1 aromatic rings. The number of ether oxygens (including phenoxy) is 1. The van der Waals surface area contributed by atoms with Crippen LogP contribution >= 0.6 is 11.6 Å². The molecule has 0 fully saturated rings. The van der Waals surface area contributed by atoms with Crippen LogP contribution in [-0.2, 0) is 11.3 Å². The van der Waals surface area contributed by atoms with Gasteiger partial charge in [0.25, 0.3) is 0 Å². The first-order chi connectivity index (χ1) is 9.11. The molecule has 0 amide bonds. The molecular formula is C14H19ClN2O2. The maximum atomic E-state index is 9.77. The van der Waals surface area contributed by atoms with E-state index in [0.717, 1.165) is 5.56 Å². The Hall–Kier alpha value is -1.12. The van der Waals surface area contributed by atoms with E-state index in [0.29, 0.717) is 31.1 Å². The van der Waals surface area contributed by atoms with E-state index in [4.69, 9.17) is 21.6 Å². The van der Waals surface area contributed by atoms with E-state index < -0.39 is 6.10 Å². The smallest absolute Gasteiger partial charge is 0.0900 e. The van der Waals surface area contributed by atoms with Gasteiger partial charge in [0.2, 0.25) is 0 Å². The van der Waals surface area contributed by atoms with Gasteiger partial charge in [-0.25, -0.2) is 0 Å². The van der Waals surface area contributed by atoms with Crippen LogP contribution < -0.4 is 0 Å². The van der Waals surface area contributed by atoms with Crippen molar-refractivity contribution in [1.82, 2.24) is 4.90 Å². The van der Waals surface area contributed by atoms with Crippen molar-refractivity contribution in [3.8, 4) is 6.07 Å². The van der Waals surface area contributed by atoms with Crippen molar-refractivity contribution < 1.29 is 9.84 Å². The fraction of sp³-hybridized carbons (Fsp3) is 0.500. The zero-order valence-corrected chi connectivity index (χ0v) is 11.8. The van der Waals surface area contributed by atoms with Crippen LogP contribution in [0.4, 0.5) is 0 Å². The average Bonchev–Trinajstić information content (AvgIpc) is 2.38. The van der Waals surface area contributed by atoms with Crippen LogP contribution in [0.5, 0.6) is 0 Å². The normalized spacial score (nSPS) is 12.4. The lowest BCUT2D eigenvalue weighted by atomic mass is 10.2. The van der Waals surface area contributed by atoms with E-state index >= 15 is 0 Å². The number of aliphatic hydroxyl groups is 1. The summed E-state index contributed by atoms with van der Waals surface area (Å²) in [5.41, 5.74) is 1.02. The molecule has 1 atom stereocenters. The van der Waals surface area contributed by atoms with Crippen LogP contribution in [0.3, 0.4) is 0 Å². The third-order valence-electron chi connectivity index (χ3n) is 2.62. The van der Waals surface area contributed by atoms with Crippen LogP contribution in [0.15, 0.2) is 24.3 Å². The Morgan fingerprint density at radius 2 is 2.11 bits per heavy atom. The van der Waals surface area contributed by atoms with Crippen molar-refractivity contribution in [2.24, 2.45) is 0 Å². The van der Waals surface area contributed by atoms with Crippen LogP contribution in [0.25, 0.3) is 0 Å². The molecule has 0 bridgehead atoms. The topological polar surface area (TPSA) is 56.5 Å². The second-order valence-corrected chi connectivity index (χ2v) is 4.90. The molecule has 1 rings (SSSR count). The summed E-state index contributed by atoms with van der Waals surface area (Å²) < 4.78 is 5.44. The Labute approximate surface area is 119 Å². The zero-order valence-electron chi connectivity index (χ0n) is 11.1. The highest BCUT2D eigenvalue weighted by atomic mass is 35.5. The summed E-state index contributed by atoms with van der Waals surface area (Å²) in [6, 6.07) is 9.49. The van der Waals surface area contributed by atoms with Gasteiger partial charge < -0.3 is 14.7 Å². The van der Waals surface area contributed by atoms with Crippen LogP contribution in [0, 0.1) is 11.3 Å². The van der Waals surface area contributed by atoms with Gasteiger partial charge in [-0.3, -0.25) is 0 Å². The van der Waals surface area contributed by atoms with Crippen molar-refractivity contribution >= 4 is 11.6 Å². The standard InChI is InChI=1S/C14H19ClN2O2/c1-17(8-2-7-16)9-14(18)11-19-10-12-3-5-13(15)6-4-12/h3-6,14,18H,2,8-11H2,1H3. The van der Waals surface area contributed by atoms with Gasteiger partial charge in [-0.1, -0.05) is 23.7 Å². The minimum absolute atomic E-state index is 0.277. The Balaban J connectivity index is 2.18. The molecule has 1 aromatic carbocycles. The molecule has 0 aliphatic carbocycles. The van der Waals surface area contributed by atoms with Gasteiger partial charge in [0.1, 0.15) is 0 Å². The van der Waals surface area contributed by atoms with E-state index in [-0.39, 0.29) is 6.61 Å². The molecule has 0 spiro atoms. The number of benzene rings is 1. The maximum absolute atomic E-state index is 9.77. The van der Waals surface area contributed by atoms with Gasteiger partial charge in [0.05, 0.1) is 25.4 Å². The molecule has 0 aromatic heterocycles. The van der Waals surface area contributed by atoms with E-state index in [9.17, 15) is 5.11 Å². The Morgan fingerprint density at radius 1 is 1.42 bits per heavy atom. The number of hydrogen-bond acceptors (Lipinski definition) is 4. The zero-order chi connectivity index (χ0) is 14.1. The van der Waals surface area contributed by atoms with Gasteiger partial charge >= 0.3 is 0 Å². The highest BCUT2D eigenvalue weighted by molar-refractivity contribution is 6.30. The molecule has 0 aliphatic heterocycles. The molecule has 1 N–H and O–H groups in total. The average molecular weight is 283 g/mol. The predicted octanol–water partition coefficient (Wildman–Crippen LogP) is 2.06. The summed E-state index contributed by atoms with van der Waals surface area (Å²) in [5, 5.41) is 18.9. The fourth-order valence-electron chi connectivity index (χ4n) is 1.64. The molecule has 19 heavy (non-hydrogen) atoms. The van der Waals surface area contributed by atoms with E-state index in [2.05, 4.69) is 6.07 Å². The van der Waals surface area contributed by atoms with Gasteiger partial charge in [0.15, 0.2) is 0 Å². The van der Waals surface area contributed by atoms with E-state index in [1.807, 2.05) is 36.2 Å².